The van der Waals surface area contributed by atoms with Crippen LogP contribution >= 0.6 is 0 Å². The smallest absolute Gasteiger partial charge is 0.163 e. The van der Waals surface area contributed by atoms with Gasteiger partial charge in [-0.3, -0.25) is 5.01 Å². The fourth-order valence-corrected chi connectivity index (χ4v) is 4.63. The lowest BCUT2D eigenvalue weighted by molar-refractivity contribution is 0.432. The van der Waals surface area contributed by atoms with Crippen LogP contribution in [0.5, 0.6) is 0 Å². The molecule has 164 valence electrons. The minimum absolute atomic E-state index is 0.744. The van der Waals surface area contributed by atoms with Crippen LogP contribution in [-0.4, -0.2) is 43.0 Å². The van der Waals surface area contributed by atoms with Gasteiger partial charge in [0.1, 0.15) is 5.69 Å². The van der Waals surface area contributed by atoms with Gasteiger partial charge in [-0.1, -0.05) is 48.5 Å². The summed E-state index contributed by atoms with van der Waals surface area (Å²) < 4.78 is 1.90. The second-order valence-corrected chi connectivity index (χ2v) is 8.44. The molecule has 0 N–H and O–H groups in total. The molecule has 1 aliphatic heterocycles. The van der Waals surface area contributed by atoms with Crippen molar-refractivity contribution in [2.45, 2.75) is 25.7 Å². The van der Waals surface area contributed by atoms with Gasteiger partial charge < -0.3 is 0 Å². The van der Waals surface area contributed by atoms with E-state index in [1.165, 1.54) is 24.8 Å². The van der Waals surface area contributed by atoms with Crippen LogP contribution in [0.2, 0.25) is 0 Å². The van der Waals surface area contributed by atoms with Crippen LogP contribution in [-0.2, 0) is 6.42 Å². The summed E-state index contributed by atoms with van der Waals surface area (Å²) in [7, 11) is 0. The van der Waals surface area contributed by atoms with E-state index in [1.54, 1.807) is 6.20 Å². The van der Waals surface area contributed by atoms with Gasteiger partial charge in [-0.05, 0) is 48.2 Å². The lowest BCUT2D eigenvalue weighted by atomic mass is 10.0. The van der Waals surface area contributed by atoms with Crippen molar-refractivity contribution in [2.75, 3.05) is 18.1 Å². The zero-order valence-corrected chi connectivity index (χ0v) is 18.4. The Balaban J connectivity index is 1.51. The molecule has 5 aromatic rings. The van der Waals surface area contributed by atoms with Gasteiger partial charge in [-0.25, -0.2) is 9.67 Å². The normalized spacial score (nSPS) is 14.1. The fourth-order valence-electron chi connectivity index (χ4n) is 4.63. The van der Waals surface area contributed by atoms with Crippen molar-refractivity contribution in [3.05, 3.63) is 90.4 Å². The van der Waals surface area contributed by atoms with Crippen molar-refractivity contribution in [3.63, 3.8) is 0 Å². The Morgan fingerprint density at radius 1 is 0.818 bits per heavy atom. The number of piperidine rings is 1. The highest BCUT2D eigenvalue weighted by atomic mass is 15.7. The standard InChI is InChI=1S/C26H25N7/c1-3-10-20(11-4-1)18-24-25(29-30-33(24)31-16-7-2-8-17-31)22-13-9-15-27-26(22)32-23-14-6-5-12-21(23)19-28-32/h1,3-6,9-15,19H,2,7-8,16-18H2. The first kappa shape index (κ1) is 19.7. The third-order valence-corrected chi connectivity index (χ3v) is 6.28. The molecule has 0 amide bonds. The molecule has 0 aliphatic carbocycles. The highest BCUT2D eigenvalue weighted by Gasteiger charge is 2.24. The lowest BCUT2D eigenvalue weighted by Crippen LogP contribution is -2.41. The minimum Gasteiger partial charge on any atom is -0.295 e. The summed E-state index contributed by atoms with van der Waals surface area (Å²) in [5.74, 6) is 0.763. The zero-order valence-electron chi connectivity index (χ0n) is 18.4. The number of pyridine rings is 1. The van der Waals surface area contributed by atoms with E-state index in [1.807, 2.05) is 39.9 Å². The molecule has 0 spiro atoms. The Bertz CT molecular complexity index is 1380. The predicted octanol–water partition coefficient (Wildman–Crippen LogP) is 4.39. The Hall–Kier alpha value is -4.00. The molecule has 1 aliphatic rings. The third kappa shape index (κ3) is 3.65. The van der Waals surface area contributed by atoms with Crippen LogP contribution in [0.25, 0.3) is 28.0 Å². The number of hydrogen-bond donors (Lipinski definition) is 0. The van der Waals surface area contributed by atoms with E-state index in [2.05, 4.69) is 57.8 Å². The SMILES string of the molecule is c1ccc(Cc2c(-c3cccnc3-n3ncc4ccccc43)nnn2N2CCCCC2)cc1. The van der Waals surface area contributed by atoms with Crippen LogP contribution in [0.4, 0.5) is 0 Å². The summed E-state index contributed by atoms with van der Waals surface area (Å²) in [6.07, 6.45) is 8.05. The molecule has 2 aromatic carbocycles. The third-order valence-electron chi connectivity index (χ3n) is 6.28. The summed E-state index contributed by atoms with van der Waals surface area (Å²) in [5.41, 5.74) is 5.11. The van der Waals surface area contributed by atoms with Crippen molar-refractivity contribution in [3.8, 4) is 17.1 Å². The predicted molar refractivity (Wildman–Crippen MR) is 129 cm³/mol. The highest BCUT2D eigenvalue weighted by Crippen LogP contribution is 2.30. The Labute approximate surface area is 192 Å². The van der Waals surface area contributed by atoms with Gasteiger partial charge in [0.15, 0.2) is 5.82 Å². The van der Waals surface area contributed by atoms with Crippen LogP contribution in [0.1, 0.15) is 30.5 Å². The number of nitrogens with zero attached hydrogens (tertiary/aromatic N) is 7. The first-order valence-electron chi connectivity index (χ1n) is 11.5. The molecule has 33 heavy (non-hydrogen) atoms. The molecule has 0 radical (unpaired) electrons. The van der Waals surface area contributed by atoms with E-state index in [0.29, 0.717) is 0 Å². The van der Waals surface area contributed by atoms with Gasteiger partial charge in [0.2, 0.25) is 0 Å². The molecule has 1 saturated heterocycles. The Morgan fingerprint density at radius 3 is 2.52 bits per heavy atom. The molecule has 7 nitrogen and oxygen atoms in total. The second-order valence-electron chi connectivity index (χ2n) is 8.44. The topological polar surface area (TPSA) is 64.7 Å². The monoisotopic (exact) mass is 435 g/mol. The number of rotatable bonds is 5. The average molecular weight is 436 g/mol. The summed E-state index contributed by atoms with van der Waals surface area (Å²) in [6, 6.07) is 22.7. The quantitative estimate of drug-likeness (QED) is 0.410. The van der Waals surface area contributed by atoms with E-state index < -0.39 is 0 Å². The van der Waals surface area contributed by atoms with Gasteiger partial charge in [0.05, 0.1) is 17.4 Å². The lowest BCUT2D eigenvalue weighted by Gasteiger charge is -2.29. The van der Waals surface area contributed by atoms with Crippen LogP contribution in [0, 0.1) is 0 Å². The van der Waals surface area contributed by atoms with Crippen LogP contribution < -0.4 is 5.01 Å². The number of benzene rings is 2. The minimum atomic E-state index is 0.744. The number of aromatic nitrogens is 6. The molecule has 0 atom stereocenters. The van der Waals surface area contributed by atoms with Gasteiger partial charge in [-0.2, -0.15) is 9.89 Å². The molecule has 7 heteroatoms. The summed E-state index contributed by atoms with van der Waals surface area (Å²) in [6.45, 7) is 1.99. The molecular weight excluding hydrogens is 410 g/mol. The molecule has 4 heterocycles. The summed E-state index contributed by atoms with van der Waals surface area (Å²) >= 11 is 0. The van der Waals surface area contributed by atoms with Crippen LogP contribution in [0.3, 0.4) is 0 Å². The summed E-state index contributed by atoms with van der Waals surface area (Å²) in [5, 5.41) is 17.4. The molecule has 1 fully saturated rings. The maximum absolute atomic E-state index is 4.73. The second kappa shape index (κ2) is 8.50. The van der Waals surface area contributed by atoms with E-state index in [0.717, 1.165) is 53.2 Å². The first-order valence-corrected chi connectivity index (χ1v) is 11.5. The van der Waals surface area contributed by atoms with Crippen molar-refractivity contribution in [2.24, 2.45) is 0 Å². The van der Waals surface area contributed by atoms with Crippen molar-refractivity contribution >= 4 is 10.9 Å². The molecule has 3 aromatic heterocycles. The molecular formula is C26H25N7. The van der Waals surface area contributed by atoms with E-state index >= 15 is 0 Å². The molecule has 0 bridgehead atoms. The van der Waals surface area contributed by atoms with E-state index in [9.17, 15) is 0 Å². The van der Waals surface area contributed by atoms with E-state index in [4.69, 9.17) is 10.1 Å². The molecule has 0 unspecified atom stereocenters. The number of hydrogen-bond acceptors (Lipinski definition) is 5. The first-order chi connectivity index (χ1) is 16.4. The molecule has 6 rings (SSSR count). The maximum atomic E-state index is 4.73. The maximum Gasteiger partial charge on any atom is 0.163 e. The highest BCUT2D eigenvalue weighted by molar-refractivity contribution is 5.82. The van der Waals surface area contributed by atoms with E-state index in [-0.39, 0.29) is 0 Å². The van der Waals surface area contributed by atoms with Crippen molar-refractivity contribution in [1.82, 2.24) is 29.9 Å². The summed E-state index contributed by atoms with van der Waals surface area (Å²) in [4.78, 5) is 6.75. The van der Waals surface area contributed by atoms with Gasteiger partial charge >= 0.3 is 0 Å². The van der Waals surface area contributed by atoms with Crippen LogP contribution in [0.15, 0.2) is 79.1 Å². The van der Waals surface area contributed by atoms with Gasteiger partial charge in [0, 0.05) is 36.7 Å². The Morgan fingerprint density at radius 2 is 1.64 bits per heavy atom. The Kier molecular flexibility index (Phi) is 5.07. The zero-order chi connectivity index (χ0) is 22.0. The number of fused-ring (bicyclic) bond motifs is 1. The van der Waals surface area contributed by atoms with Gasteiger partial charge in [0.25, 0.3) is 0 Å². The van der Waals surface area contributed by atoms with Crippen molar-refractivity contribution < 1.29 is 0 Å². The largest absolute Gasteiger partial charge is 0.295 e. The fraction of sp³-hybridized carbons (Fsp3) is 0.231. The van der Waals surface area contributed by atoms with Gasteiger partial charge in [-0.15, -0.1) is 5.10 Å². The number of para-hydroxylation sites is 1. The average Bonchev–Trinajstić information content (AvgIpc) is 3.50. The molecule has 0 saturated carbocycles. The van der Waals surface area contributed by atoms with Crippen molar-refractivity contribution in [1.29, 1.82) is 0 Å².